The first kappa shape index (κ1) is 23.1. The lowest BCUT2D eigenvalue weighted by atomic mass is 9.62. The molecule has 1 aromatic carbocycles. The van der Waals surface area contributed by atoms with Crippen molar-refractivity contribution in [2.24, 2.45) is 0 Å². The molecule has 29 heavy (non-hydrogen) atoms. The largest absolute Gasteiger partial charge is 0.300 e. The van der Waals surface area contributed by atoms with Gasteiger partial charge in [0.25, 0.3) is 0 Å². The molecule has 0 atom stereocenters. The minimum Gasteiger partial charge on any atom is -0.300 e. The van der Waals surface area contributed by atoms with Crippen LogP contribution in [0.2, 0.25) is 0 Å². The Morgan fingerprint density at radius 3 is 1.86 bits per heavy atom. The molecule has 0 aromatic heterocycles. The van der Waals surface area contributed by atoms with E-state index in [-0.39, 0.29) is 22.4 Å². The van der Waals surface area contributed by atoms with E-state index < -0.39 is 0 Å². The Balaban J connectivity index is 0.000000687. The highest BCUT2D eigenvalue weighted by molar-refractivity contribution is 6.00. The van der Waals surface area contributed by atoms with Gasteiger partial charge in [-0.15, -0.1) is 0 Å². The van der Waals surface area contributed by atoms with Crippen LogP contribution in [0.5, 0.6) is 0 Å². The number of aryl methyl sites for hydroxylation is 1. The van der Waals surface area contributed by atoms with E-state index in [1.807, 2.05) is 6.08 Å². The van der Waals surface area contributed by atoms with Crippen molar-refractivity contribution >= 4 is 11.6 Å². The molecular weight excluding hydrogens is 356 g/mol. The maximum absolute atomic E-state index is 11.7. The summed E-state index contributed by atoms with van der Waals surface area (Å²) in [4.78, 5) is 21.2. The zero-order valence-corrected chi connectivity index (χ0v) is 19.5. The number of Topliss-reactive ketones (excluding diaryl/α,β-unsaturated/α-hetero) is 2. The van der Waals surface area contributed by atoms with Crippen LogP contribution in [-0.4, -0.2) is 11.6 Å². The summed E-state index contributed by atoms with van der Waals surface area (Å²) in [6, 6.07) is 4.83. The maximum Gasteiger partial charge on any atom is 0.160 e. The second kappa shape index (κ2) is 8.26. The second-order valence-electron chi connectivity index (χ2n) is 9.98. The molecule has 2 aliphatic rings. The van der Waals surface area contributed by atoms with Gasteiger partial charge in [0.1, 0.15) is 5.78 Å². The monoisotopic (exact) mass is 392 g/mol. The first-order chi connectivity index (χ1) is 13.3. The Morgan fingerprint density at radius 2 is 1.41 bits per heavy atom. The average Bonchev–Trinajstić information content (AvgIpc) is 2.94. The van der Waals surface area contributed by atoms with Gasteiger partial charge in [0.2, 0.25) is 0 Å². The van der Waals surface area contributed by atoms with Crippen LogP contribution in [0.25, 0.3) is 0 Å². The van der Waals surface area contributed by atoms with Crippen molar-refractivity contribution in [2.75, 3.05) is 0 Å². The van der Waals surface area contributed by atoms with E-state index in [0.717, 1.165) is 17.6 Å². The summed E-state index contributed by atoms with van der Waals surface area (Å²) in [5, 5.41) is 0. The number of allylic oxidation sites excluding steroid dienone is 5. The van der Waals surface area contributed by atoms with E-state index >= 15 is 0 Å². The summed E-state index contributed by atoms with van der Waals surface area (Å²) >= 11 is 0. The van der Waals surface area contributed by atoms with Crippen LogP contribution in [0.15, 0.2) is 47.6 Å². The molecule has 0 radical (unpaired) electrons. The minimum absolute atomic E-state index is 0.0984. The van der Waals surface area contributed by atoms with Gasteiger partial charge in [-0.3, -0.25) is 4.79 Å². The van der Waals surface area contributed by atoms with Crippen LogP contribution >= 0.6 is 0 Å². The van der Waals surface area contributed by atoms with Crippen LogP contribution in [-0.2, 0) is 26.8 Å². The molecular formula is C27H36O2. The molecule has 0 bridgehead atoms. The molecule has 3 rings (SSSR count). The third-order valence-electron chi connectivity index (χ3n) is 6.23. The van der Waals surface area contributed by atoms with Crippen LogP contribution in [0.3, 0.4) is 0 Å². The number of hydrogen-bond donors (Lipinski definition) is 0. The number of hydrogen-bond acceptors (Lipinski definition) is 2. The smallest absolute Gasteiger partial charge is 0.160 e. The molecule has 0 spiro atoms. The molecule has 0 amide bonds. The van der Waals surface area contributed by atoms with Gasteiger partial charge >= 0.3 is 0 Å². The van der Waals surface area contributed by atoms with Crippen molar-refractivity contribution < 1.29 is 9.59 Å². The van der Waals surface area contributed by atoms with Gasteiger partial charge in [0.05, 0.1) is 0 Å². The molecule has 0 aliphatic heterocycles. The Hall–Kier alpha value is -2.22. The van der Waals surface area contributed by atoms with Gasteiger partial charge < -0.3 is 4.79 Å². The number of carbonyl (C=O) groups excluding carboxylic acids is 2. The summed E-state index contributed by atoms with van der Waals surface area (Å²) in [6.45, 7) is 20.5. The predicted molar refractivity (Wildman–Crippen MR) is 123 cm³/mol. The van der Waals surface area contributed by atoms with Gasteiger partial charge in [-0.2, -0.15) is 0 Å². The summed E-state index contributed by atoms with van der Waals surface area (Å²) in [7, 11) is 0. The summed E-state index contributed by atoms with van der Waals surface area (Å²) in [5.74, 6) is 0.265. The third-order valence-corrected chi connectivity index (χ3v) is 6.23. The Kier molecular flexibility index (Phi) is 6.57. The van der Waals surface area contributed by atoms with E-state index in [2.05, 4.69) is 59.4 Å². The van der Waals surface area contributed by atoms with Crippen molar-refractivity contribution in [3.8, 4) is 0 Å². The van der Waals surface area contributed by atoms with Gasteiger partial charge in [-0.25, -0.2) is 0 Å². The van der Waals surface area contributed by atoms with Crippen molar-refractivity contribution in [3.05, 3.63) is 69.8 Å². The molecule has 2 aliphatic carbocycles. The van der Waals surface area contributed by atoms with Crippen molar-refractivity contribution in [3.63, 3.8) is 0 Å². The zero-order valence-electron chi connectivity index (χ0n) is 19.5. The Morgan fingerprint density at radius 1 is 0.931 bits per heavy atom. The molecule has 156 valence electrons. The van der Waals surface area contributed by atoms with Gasteiger partial charge in [0.15, 0.2) is 5.78 Å². The fourth-order valence-electron chi connectivity index (χ4n) is 4.22. The number of fused-ring (bicyclic) bond motifs is 1. The number of ketones is 2. The Labute approximate surface area is 176 Å². The topological polar surface area (TPSA) is 34.1 Å². The highest BCUT2D eigenvalue weighted by Crippen LogP contribution is 2.46. The number of carbonyl (C=O) groups is 2. The molecule has 0 fully saturated rings. The quantitative estimate of drug-likeness (QED) is 0.589. The molecule has 0 saturated heterocycles. The molecule has 0 saturated carbocycles. The summed E-state index contributed by atoms with van der Waals surface area (Å²) in [5.41, 5.74) is 8.98. The van der Waals surface area contributed by atoms with Gasteiger partial charge in [-0.1, -0.05) is 58.6 Å². The van der Waals surface area contributed by atoms with Crippen LogP contribution < -0.4 is 0 Å². The van der Waals surface area contributed by atoms with Crippen LogP contribution in [0.1, 0.15) is 83.6 Å². The molecule has 2 heteroatoms. The van der Waals surface area contributed by atoms with E-state index in [4.69, 9.17) is 0 Å². The number of rotatable bonds is 3. The van der Waals surface area contributed by atoms with E-state index in [1.165, 1.54) is 54.5 Å². The Bertz CT molecular complexity index is 916. The van der Waals surface area contributed by atoms with E-state index in [1.54, 1.807) is 6.92 Å². The first-order valence-electron chi connectivity index (χ1n) is 10.5. The lowest BCUT2D eigenvalue weighted by molar-refractivity contribution is -0.115. The number of benzene rings is 1. The highest BCUT2D eigenvalue weighted by Gasteiger charge is 2.37. The second-order valence-corrected chi connectivity index (χ2v) is 9.98. The average molecular weight is 393 g/mol. The summed E-state index contributed by atoms with van der Waals surface area (Å²) < 4.78 is 0. The molecule has 2 nitrogen and oxygen atoms in total. The van der Waals surface area contributed by atoms with Gasteiger partial charge in [-0.05, 0) is 91.2 Å². The maximum atomic E-state index is 11.7. The SMILES string of the molecule is C=C1C(Cc2cc3c(cc2C)C(C)(C)CCC3(C)C)=CC=C1C(C)=O.CC(C)=O. The summed E-state index contributed by atoms with van der Waals surface area (Å²) in [6.07, 6.45) is 7.29. The highest BCUT2D eigenvalue weighted by atomic mass is 16.1. The third kappa shape index (κ3) is 5.04. The molecule has 0 heterocycles. The first-order valence-corrected chi connectivity index (χ1v) is 10.5. The van der Waals surface area contributed by atoms with E-state index in [9.17, 15) is 9.59 Å². The van der Waals surface area contributed by atoms with E-state index in [0.29, 0.717) is 0 Å². The normalized spacial score (nSPS) is 18.8. The lowest BCUT2D eigenvalue weighted by Crippen LogP contribution is -2.34. The fourth-order valence-corrected chi connectivity index (χ4v) is 4.22. The van der Waals surface area contributed by atoms with Crippen molar-refractivity contribution in [2.45, 2.75) is 85.5 Å². The fraction of sp³-hybridized carbons (Fsp3) is 0.481. The zero-order chi connectivity index (χ0) is 22.1. The molecule has 0 unspecified atom stereocenters. The lowest BCUT2D eigenvalue weighted by Gasteiger charge is -2.42. The molecule has 0 N–H and O–H groups in total. The van der Waals surface area contributed by atoms with Crippen molar-refractivity contribution in [1.82, 2.24) is 0 Å². The van der Waals surface area contributed by atoms with Crippen molar-refractivity contribution in [1.29, 1.82) is 0 Å². The van der Waals surface area contributed by atoms with Gasteiger partial charge in [0, 0.05) is 5.57 Å². The van der Waals surface area contributed by atoms with Crippen LogP contribution in [0, 0.1) is 6.92 Å². The standard InChI is InChI=1S/C24H30O.C3H6O/c1-15-12-21-22(24(6,7)11-10-23(21,4)5)14-19(15)13-18-8-9-20(16(18)2)17(3)25;1-3(2)4/h8-9,12,14H,2,10-11,13H2,1,3-7H3;1-2H3. The van der Waals surface area contributed by atoms with Crippen LogP contribution in [0.4, 0.5) is 0 Å². The minimum atomic E-state index is 0.0984. The molecule has 1 aromatic rings. The predicted octanol–water partition coefficient (Wildman–Crippen LogP) is 6.49.